The number of ketones is 1. The highest BCUT2D eigenvalue weighted by atomic mass is 32.1. The molecule has 2 heterocycles. The zero-order valence-electron chi connectivity index (χ0n) is 23.7. The van der Waals surface area contributed by atoms with E-state index in [1.54, 1.807) is 11.3 Å². The summed E-state index contributed by atoms with van der Waals surface area (Å²) in [5.74, 6) is 0.830. The zero-order chi connectivity index (χ0) is 27.4. The van der Waals surface area contributed by atoms with E-state index in [-0.39, 0.29) is 5.78 Å². The Morgan fingerprint density at radius 2 is 1.56 bits per heavy atom. The molecule has 0 bridgehead atoms. The maximum Gasteiger partial charge on any atom is 0.195 e. The highest BCUT2D eigenvalue weighted by Crippen LogP contribution is 2.40. The number of thiophene rings is 1. The second kappa shape index (κ2) is 12.5. The van der Waals surface area contributed by atoms with Crippen LogP contribution in [-0.4, -0.2) is 54.0 Å². The van der Waals surface area contributed by atoms with Gasteiger partial charge < -0.3 is 9.64 Å². The van der Waals surface area contributed by atoms with Crippen molar-refractivity contribution in [2.45, 2.75) is 59.0 Å². The summed E-state index contributed by atoms with van der Waals surface area (Å²) in [7, 11) is 0. The first-order valence-electron chi connectivity index (χ1n) is 14.3. The minimum absolute atomic E-state index is 0.0538. The molecule has 0 amide bonds. The van der Waals surface area contributed by atoms with Crippen molar-refractivity contribution < 1.29 is 9.53 Å². The molecule has 0 aliphatic carbocycles. The molecule has 0 radical (unpaired) electrons. The van der Waals surface area contributed by atoms with E-state index in [1.165, 1.54) is 31.5 Å². The van der Waals surface area contributed by atoms with Crippen LogP contribution in [-0.2, 0) is 6.42 Å². The number of ether oxygens (including phenoxy) is 1. The molecule has 0 unspecified atom stereocenters. The molecule has 1 aliphatic rings. The molecule has 0 atom stereocenters. The Morgan fingerprint density at radius 1 is 0.897 bits per heavy atom. The van der Waals surface area contributed by atoms with Gasteiger partial charge in [-0.15, -0.1) is 11.3 Å². The lowest BCUT2D eigenvalue weighted by Gasteiger charge is -2.30. The van der Waals surface area contributed by atoms with Gasteiger partial charge in [-0.2, -0.15) is 0 Å². The summed E-state index contributed by atoms with van der Waals surface area (Å²) in [6.07, 6.45) is 3.72. The number of rotatable bonds is 11. The summed E-state index contributed by atoms with van der Waals surface area (Å²) in [6.45, 7) is 12.8. The summed E-state index contributed by atoms with van der Waals surface area (Å²) in [4.78, 5) is 19.8. The number of hydrogen-bond donors (Lipinski definition) is 0. The predicted octanol–water partition coefficient (Wildman–Crippen LogP) is 7.89. The molecule has 5 heteroatoms. The molecule has 1 saturated heterocycles. The van der Waals surface area contributed by atoms with Crippen molar-refractivity contribution in [2.24, 2.45) is 0 Å². The van der Waals surface area contributed by atoms with Crippen LogP contribution >= 0.6 is 11.3 Å². The van der Waals surface area contributed by atoms with E-state index in [1.807, 2.05) is 36.4 Å². The van der Waals surface area contributed by atoms with Crippen molar-refractivity contribution in [2.75, 3.05) is 26.4 Å². The normalized spacial score (nSPS) is 14.2. The van der Waals surface area contributed by atoms with Gasteiger partial charge in [0.1, 0.15) is 12.5 Å². The Bertz CT molecular complexity index is 1380. The standard InChI is InChI=1S/C34H40N2O2S/c1-24(2)36(25(3)4)23-38-29-17-15-27(16-18-29)33(37)32-30-9-5-6-10-31(30)39-34(32)28-13-11-26(12-14-28)19-22-35-20-7-8-21-35/h5-6,9-18,24-25H,7-8,19-23H2,1-4H3. The Morgan fingerprint density at radius 3 is 2.23 bits per heavy atom. The number of carbonyl (C=O) groups excluding carboxylic acids is 1. The van der Waals surface area contributed by atoms with Crippen LogP contribution in [0.25, 0.3) is 20.5 Å². The lowest BCUT2D eigenvalue weighted by atomic mass is 9.97. The van der Waals surface area contributed by atoms with Gasteiger partial charge in [-0.1, -0.05) is 42.5 Å². The minimum Gasteiger partial charge on any atom is -0.478 e. The van der Waals surface area contributed by atoms with Crippen molar-refractivity contribution in [3.05, 3.63) is 89.5 Å². The number of likely N-dealkylation sites (tertiary alicyclic amines) is 1. The molecule has 0 saturated carbocycles. The Hall–Kier alpha value is -2.99. The monoisotopic (exact) mass is 540 g/mol. The van der Waals surface area contributed by atoms with Gasteiger partial charge in [-0.3, -0.25) is 9.69 Å². The molecule has 1 aliphatic heterocycles. The highest BCUT2D eigenvalue weighted by Gasteiger charge is 2.22. The van der Waals surface area contributed by atoms with Crippen LogP contribution in [0.4, 0.5) is 0 Å². The van der Waals surface area contributed by atoms with Crippen molar-refractivity contribution in [1.82, 2.24) is 9.80 Å². The molecule has 1 fully saturated rings. The van der Waals surface area contributed by atoms with E-state index in [0.29, 0.717) is 24.4 Å². The van der Waals surface area contributed by atoms with Gasteiger partial charge in [0, 0.05) is 44.7 Å². The quantitative estimate of drug-likeness (QED) is 0.143. The minimum atomic E-state index is 0.0538. The molecule has 1 aromatic heterocycles. The fraction of sp³-hybridized carbons (Fsp3) is 0.382. The Kier molecular flexibility index (Phi) is 8.81. The molecule has 39 heavy (non-hydrogen) atoms. The van der Waals surface area contributed by atoms with Crippen LogP contribution in [0, 0.1) is 0 Å². The highest BCUT2D eigenvalue weighted by molar-refractivity contribution is 7.22. The van der Waals surface area contributed by atoms with Crippen LogP contribution in [0.1, 0.15) is 62.0 Å². The van der Waals surface area contributed by atoms with Crippen LogP contribution < -0.4 is 4.74 Å². The Labute approximate surface area is 237 Å². The number of nitrogens with zero attached hydrogens (tertiary/aromatic N) is 2. The van der Waals surface area contributed by atoms with E-state index in [9.17, 15) is 4.79 Å². The average Bonchev–Trinajstić information content (AvgIpc) is 3.60. The van der Waals surface area contributed by atoms with Crippen LogP contribution in [0.3, 0.4) is 0 Å². The van der Waals surface area contributed by atoms with Crippen LogP contribution in [0.5, 0.6) is 5.75 Å². The van der Waals surface area contributed by atoms with Crippen molar-refractivity contribution in [1.29, 1.82) is 0 Å². The van der Waals surface area contributed by atoms with Gasteiger partial charge in [-0.25, -0.2) is 0 Å². The van der Waals surface area contributed by atoms with Crippen LogP contribution in [0.15, 0.2) is 72.8 Å². The number of hydrogen-bond acceptors (Lipinski definition) is 5. The van der Waals surface area contributed by atoms with E-state index in [2.05, 4.69) is 73.9 Å². The predicted molar refractivity (Wildman–Crippen MR) is 164 cm³/mol. The Balaban J connectivity index is 1.36. The number of fused-ring (bicyclic) bond motifs is 1. The second-order valence-electron chi connectivity index (χ2n) is 11.1. The van der Waals surface area contributed by atoms with Gasteiger partial charge in [0.05, 0.1) is 0 Å². The molecule has 3 aromatic carbocycles. The summed E-state index contributed by atoms with van der Waals surface area (Å²) >= 11 is 1.70. The van der Waals surface area contributed by atoms with Crippen molar-refractivity contribution >= 4 is 27.2 Å². The van der Waals surface area contributed by atoms with Gasteiger partial charge in [0.25, 0.3) is 0 Å². The lowest BCUT2D eigenvalue weighted by molar-refractivity contribution is 0.0690. The lowest BCUT2D eigenvalue weighted by Crippen LogP contribution is -2.39. The zero-order valence-corrected chi connectivity index (χ0v) is 24.5. The molecule has 4 aromatic rings. The third-order valence-corrected chi connectivity index (χ3v) is 9.00. The first-order chi connectivity index (χ1) is 18.9. The third-order valence-electron chi connectivity index (χ3n) is 7.78. The molecule has 5 rings (SSSR count). The third kappa shape index (κ3) is 6.43. The SMILES string of the molecule is CC(C)N(COc1ccc(C(=O)c2c(-c3ccc(CCN4CCCC4)cc3)sc3ccccc23)cc1)C(C)C. The number of carbonyl (C=O) groups is 1. The molecular weight excluding hydrogens is 500 g/mol. The summed E-state index contributed by atoms with van der Waals surface area (Å²) < 4.78 is 7.19. The first-order valence-corrected chi connectivity index (χ1v) is 15.1. The maximum atomic E-state index is 13.9. The van der Waals surface area contributed by atoms with Gasteiger partial charge in [0.2, 0.25) is 0 Å². The largest absolute Gasteiger partial charge is 0.478 e. The first kappa shape index (κ1) is 27.6. The number of benzene rings is 3. The molecule has 0 N–H and O–H groups in total. The van der Waals surface area contributed by atoms with E-state index >= 15 is 0 Å². The van der Waals surface area contributed by atoms with Crippen molar-refractivity contribution in [3.63, 3.8) is 0 Å². The fourth-order valence-corrected chi connectivity index (χ4v) is 6.69. The fourth-order valence-electron chi connectivity index (χ4n) is 5.48. The van der Waals surface area contributed by atoms with Crippen LogP contribution in [0.2, 0.25) is 0 Å². The summed E-state index contributed by atoms with van der Waals surface area (Å²) in [5, 5.41) is 1.02. The summed E-state index contributed by atoms with van der Waals surface area (Å²) in [5.41, 5.74) is 3.93. The smallest absolute Gasteiger partial charge is 0.195 e. The van der Waals surface area contributed by atoms with Crippen molar-refractivity contribution in [3.8, 4) is 16.2 Å². The van der Waals surface area contributed by atoms with E-state index < -0.39 is 0 Å². The molecule has 4 nitrogen and oxygen atoms in total. The van der Waals surface area contributed by atoms with Gasteiger partial charge >= 0.3 is 0 Å². The van der Waals surface area contributed by atoms with Gasteiger partial charge in [-0.05, 0) is 102 Å². The topological polar surface area (TPSA) is 32.8 Å². The second-order valence-corrected chi connectivity index (χ2v) is 12.2. The summed E-state index contributed by atoms with van der Waals surface area (Å²) in [6, 6.07) is 25.5. The van der Waals surface area contributed by atoms with E-state index in [4.69, 9.17) is 4.74 Å². The molecular formula is C34H40N2O2S. The molecule has 0 spiro atoms. The average molecular weight is 541 g/mol. The van der Waals surface area contributed by atoms with Gasteiger partial charge in [0.15, 0.2) is 5.78 Å². The van der Waals surface area contributed by atoms with E-state index in [0.717, 1.165) is 44.8 Å². The maximum absolute atomic E-state index is 13.9. The molecule has 204 valence electrons.